The van der Waals surface area contributed by atoms with Crippen molar-refractivity contribution in [3.05, 3.63) is 77.4 Å². The number of carbonyl (C=O) groups excluding carboxylic acids is 1. The molecule has 1 aromatic heterocycles. The van der Waals surface area contributed by atoms with E-state index in [1.54, 1.807) is 36.5 Å². The maximum atomic E-state index is 12.0. The SMILES string of the molecule is CC(C)c1ccccc1Nc1ccc(NC(=O)COc2ccc(Cl)cc2)cn1. The molecular formula is C22H22ClN3O2. The molecule has 0 saturated heterocycles. The zero-order valence-electron chi connectivity index (χ0n) is 15.8. The van der Waals surface area contributed by atoms with Gasteiger partial charge in [-0.25, -0.2) is 4.98 Å². The average molecular weight is 396 g/mol. The number of aromatic nitrogens is 1. The van der Waals surface area contributed by atoms with Crippen LogP contribution in [0, 0.1) is 0 Å². The Labute approximate surface area is 169 Å². The quantitative estimate of drug-likeness (QED) is 0.545. The standard InChI is InChI=1S/C22H22ClN3O2/c1-15(2)19-5-3-4-6-20(19)26-21-12-9-17(13-24-21)25-22(27)14-28-18-10-7-16(23)8-11-18/h3-13,15H,14H2,1-2H3,(H,24,26)(H,25,27). The van der Waals surface area contributed by atoms with Crippen LogP contribution in [-0.4, -0.2) is 17.5 Å². The van der Waals surface area contributed by atoms with Gasteiger partial charge in [0.2, 0.25) is 0 Å². The Bertz CT molecular complexity index is 925. The minimum absolute atomic E-state index is 0.0939. The van der Waals surface area contributed by atoms with E-state index in [2.05, 4.69) is 35.5 Å². The molecule has 0 atom stereocenters. The number of anilines is 3. The van der Waals surface area contributed by atoms with E-state index in [0.29, 0.717) is 28.2 Å². The van der Waals surface area contributed by atoms with Crippen LogP contribution in [0.2, 0.25) is 5.02 Å². The summed E-state index contributed by atoms with van der Waals surface area (Å²) < 4.78 is 5.43. The molecule has 2 N–H and O–H groups in total. The molecule has 0 radical (unpaired) electrons. The summed E-state index contributed by atoms with van der Waals surface area (Å²) >= 11 is 5.82. The number of para-hydroxylation sites is 1. The van der Waals surface area contributed by atoms with E-state index < -0.39 is 0 Å². The predicted octanol–water partition coefficient (Wildman–Crippen LogP) is 5.62. The van der Waals surface area contributed by atoms with Gasteiger partial charge in [-0.05, 0) is 53.9 Å². The molecule has 0 unspecified atom stereocenters. The second-order valence-corrected chi connectivity index (χ2v) is 7.03. The van der Waals surface area contributed by atoms with Crippen molar-refractivity contribution < 1.29 is 9.53 Å². The fourth-order valence-corrected chi connectivity index (χ4v) is 2.80. The van der Waals surface area contributed by atoms with Crippen molar-refractivity contribution >= 4 is 34.7 Å². The fourth-order valence-electron chi connectivity index (χ4n) is 2.67. The number of amides is 1. The smallest absolute Gasteiger partial charge is 0.262 e. The molecule has 28 heavy (non-hydrogen) atoms. The summed E-state index contributed by atoms with van der Waals surface area (Å²) in [6.07, 6.45) is 1.61. The largest absolute Gasteiger partial charge is 0.484 e. The van der Waals surface area contributed by atoms with Crippen molar-refractivity contribution in [2.24, 2.45) is 0 Å². The molecule has 0 aliphatic rings. The zero-order valence-corrected chi connectivity index (χ0v) is 16.5. The van der Waals surface area contributed by atoms with Crippen LogP contribution in [0.1, 0.15) is 25.3 Å². The van der Waals surface area contributed by atoms with Crippen molar-refractivity contribution in [2.45, 2.75) is 19.8 Å². The van der Waals surface area contributed by atoms with Crippen molar-refractivity contribution in [1.29, 1.82) is 0 Å². The molecular weight excluding hydrogens is 374 g/mol. The summed E-state index contributed by atoms with van der Waals surface area (Å²) in [5.41, 5.74) is 2.85. The van der Waals surface area contributed by atoms with Crippen LogP contribution >= 0.6 is 11.6 Å². The van der Waals surface area contributed by atoms with E-state index in [9.17, 15) is 4.79 Å². The summed E-state index contributed by atoms with van der Waals surface area (Å²) in [4.78, 5) is 16.4. The number of rotatable bonds is 7. The molecule has 0 aliphatic carbocycles. The number of benzene rings is 2. The highest BCUT2D eigenvalue weighted by Gasteiger charge is 2.08. The van der Waals surface area contributed by atoms with Gasteiger partial charge in [-0.3, -0.25) is 4.79 Å². The molecule has 3 rings (SSSR count). The molecule has 0 fully saturated rings. The van der Waals surface area contributed by atoms with Crippen LogP contribution in [0.4, 0.5) is 17.2 Å². The van der Waals surface area contributed by atoms with Gasteiger partial charge in [0, 0.05) is 10.7 Å². The molecule has 6 heteroatoms. The van der Waals surface area contributed by atoms with E-state index in [-0.39, 0.29) is 12.5 Å². The Hall–Kier alpha value is -3.05. The third-order valence-corrected chi connectivity index (χ3v) is 4.33. The number of nitrogens with zero attached hydrogens (tertiary/aromatic N) is 1. The molecule has 0 spiro atoms. The fraction of sp³-hybridized carbons (Fsp3) is 0.182. The Kier molecular flexibility index (Phi) is 6.50. The van der Waals surface area contributed by atoms with Gasteiger partial charge in [-0.2, -0.15) is 0 Å². The molecule has 0 saturated carbocycles. The van der Waals surface area contributed by atoms with Gasteiger partial charge >= 0.3 is 0 Å². The third kappa shape index (κ3) is 5.47. The Balaban J connectivity index is 1.55. The monoisotopic (exact) mass is 395 g/mol. The minimum Gasteiger partial charge on any atom is -0.484 e. The molecule has 0 bridgehead atoms. The van der Waals surface area contributed by atoms with E-state index in [0.717, 1.165) is 5.69 Å². The lowest BCUT2D eigenvalue weighted by Gasteiger charge is -2.14. The first-order valence-electron chi connectivity index (χ1n) is 9.01. The minimum atomic E-state index is -0.261. The number of ether oxygens (including phenoxy) is 1. The zero-order chi connectivity index (χ0) is 19.9. The number of halogens is 1. The molecule has 144 valence electrons. The summed E-state index contributed by atoms with van der Waals surface area (Å²) in [6, 6.07) is 18.6. The van der Waals surface area contributed by atoms with E-state index in [1.165, 1.54) is 5.56 Å². The molecule has 1 heterocycles. The van der Waals surface area contributed by atoms with Gasteiger partial charge in [0.25, 0.3) is 5.91 Å². The van der Waals surface area contributed by atoms with Crippen LogP contribution in [0.15, 0.2) is 66.9 Å². The van der Waals surface area contributed by atoms with E-state index >= 15 is 0 Å². The number of hydrogen-bond acceptors (Lipinski definition) is 4. The Morgan fingerprint density at radius 3 is 2.50 bits per heavy atom. The highest BCUT2D eigenvalue weighted by molar-refractivity contribution is 6.30. The Morgan fingerprint density at radius 1 is 1.07 bits per heavy atom. The molecule has 5 nitrogen and oxygen atoms in total. The highest BCUT2D eigenvalue weighted by Crippen LogP contribution is 2.26. The maximum Gasteiger partial charge on any atom is 0.262 e. The number of hydrogen-bond donors (Lipinski definition) is 2. The molecule has 3 aromatic rings. The lowest BCUT2D eigenvalue weighted by Crippen LogP contribution is -2.20. The lowest BCUT2D eigenvalue weighted by molar-refractivity contribution is -0.118. The van der Waals surface area contributed by atoms with E-state index in [1.807, 2.05) is 24.3 Å². The van der Waals surface area contributed by atoms with Crippen LogP contribution < -0.4 is 15.4 Å². The van der Waals surface area contributed by atoms with Gasteiger partial charge in [0.15, 0.2) is 6.61 Å². The molecule has 0 aliphatic heterocycles. The van der Waals surface area contributed by atoms with Crippen molar-refractivity contribution in [3.63, 3.8) is 0 Å². The van der Waals surface area contributed by atoms with Crippen molar-refractivity contribution in [3.8, 4) is 5.75 Å². The number of carbonyl (C=O) groups is 1. The molecule has 2 aromatic carbocycles. The predicted molar refractivity (Wildman–Crippen MR) is 114 cm³/mol. The van der Waals surface area contributed by atoms with Crippen molar-refractivity contribution in [2.75, 3.05) is 17.2 Å². The summed E-state index contributed by atoms with van der Waals surface area (Å²) in [6.45, 7) is 4.21. The van der Waals surface area contributed by atoms with Gasteiger partial charge in [-0.1, -0.05) is 43.6 Å². The first kappa shape index (κ1) is 19.7. The van der Waals surface area contributed by atoms with Gasteiger partial charge in [-0.15, -0.1) is 0 Å². The van der Waals surface area contributed by atoms with E-state index in [4.69, 9.17) is 16.3 Å². The highest BCUT2D eigenvalue weighted by atomic mass is 35.5. The number of nitrogens with one attached hydrogen (secondary N) is 2. The van der Waals surface area contributed by atoms with Gasteiger partial charge in [0.05, 0.1) is 11.9 Å². The molecule has 1 amide bonds. The topological polar surface area (TPSA) is 63.2 Å². The summed E-state index contributed by atoms with van der Waals surface area (Å²) in [5.74, 6) is 1.44. The van der Waals surface area contributed by atoms with Crippen LogP contribution in [-0.2, 0) is 4.79 Å². The second kappa shape index (κ2) is 9.24. The van der Waals surface area contributed by atoms with Crippen LogP contribution in [0.5, 0.6) is 5.75 Å². The average Bonchev–Trinajstić information content (AvgIpc) is 2.69. The van der Waals surface area contributed by atoms with Crippen LogP contribution in [0.25, 0.3) is 0 Å². The van der Waals surface area contributed by atoms with Crippen LogP contribution in [0.3, 0.4) is 0 Å². The van der Waals surface area contributed by atoms with Crippen molar-refractivity contribution in [1.82, 2.24) is 4.98 Å². The third-order valence-electron chi connectivity index (χ3n) is 4.08. The first-order chi connectivity index (χ1) is 13.5. The number of pyridine rings is 1. The normalized spacial score (nSPS) is 10.6. The van der Waals surface area contributed by atoms with Gasteiger partial charge in [0.1, 0.15) is 11.6 Å². The lowest BCUT2D eigenvalue weighted by atomic mass is 10.0. The van der Waals surface area contributed by atoms with Gasteiger partial charge < -0.3 is 15.4 Å². The summed E-state index contributed by atoms with van der Waals surface area (Å²) in [5, 5.41) is 6.71. The first-order valence-corrected chi connectivity index (χ1v) is 9.39. The maximum absolute atomic E-state index is 12.0. The summed E-state index contributed by atoms with van der Waals surface area (Å²) in [7, 11) is 0. The Morgan fingerprint density at radius 2 is 1.82 bits per heavy atom. The second-order valence-electron chi connectivity index (χ2n) is 6.59.